The Morgan fingerprint density at radius 2 is 2.00 bits per heavy atom. The van der Waals surface area contributed by atoms with Gasteiger partial charge in [0, 0.05) is 25.0 Å². The predicted molar refractivity (Wildman–Crippen MR) is 93.9 cm³/mol. The number of sulfonamides is 1. The van der Waals surface area contributed by atoms with Crippen LogP contribution in [0.15, 0.2) is 35.4 Å². The number of halogens is 1. The second-order valence-corrected chi connectivity index (χ2v) is 8.25. The summed E-state index contributed by atoms with van der Waals surface area (Å²) in [6, 6.07) is 5.17. The van der Waals surface area contributed by atoms with Gasteiger partial charge in [0.2, 0.25) is 10.0 Å². The summed E-state index contributed by atoms with van der Waals surface area (Å²) in [6.45, 7) is 1.58. The molecule has 0 aliphatic heterocycles. The molecule has 26 heavy (non-hydrogen) atoms. The van der Waals surface area contributed by atoms with Crippen LogP contribution in [-0.2, 0) is 17.1 Å². The number of anilines is 1. The second kappa shape index (κ2) is 6.82. The number of aromatic nitrogens is 1. The summed E-state index contributed by atoms with van der Waals surface area (Å²) < 4.78 is 42.0. The molecule has 0 bridgehead atoms. The molecule has 1 aliphatic rings. The Kier molecular flexibility index (Phi) is 4.87. The first-order chi connectivity index (χ1) is 12.2. The van der Waals surface area contributed by atoms with Crippen molar-refractivity contribution >= 4 is 21.6 Å². The lowest BCUT2D eigenvalue weighted by molar-refractivity contribution is 0.0712. The van der Waals surface area contributed by atoms with Crippen molar-refractivity contribution in [3.8, 4) is 0 Å². The first-order valence-corrected chi connectivity index (χ1v) is 9.58. The van der Waals surface area contributed by atoms with Gasteiger partial charge in [-0.3, -0.25) is 4.79 Å². The fraction of sp³-hybridized carbons (Fsp3) is 0.353. The van der Waals surface area contributed by atoms with Gasteiger partial charge < -0.3 is 15.0 Å². The number of carbonyl (C=O) groups is 1. The van der Waals surface area contributed by atoms with Crippen molar-refractivity contribution in [1.82, 2.24) is 9.29 Å². The molecule has 7 nitrogen and oxygen atoms in total. The molecule has 1 amide bonds. The lowest BCUT2D eigenvalue weighted by Crippen LogP contribution is -2.46. The first-order valence-electron chi connectivity index (χ1n) is 8.10. The van der Waals surface area contributed by atoms with Gasteiger partial charge in [-0.2, -0.15) is 0 Å². The summed E-state index contributed by atoms with van der Waals surface area (Å²) in [5.74, 6) is -0.874. The van der Waals surface area contributed by atoms with Crippen molar-refractivity contribution < 1.29 is 22.7 Å². The molecule has 1 heterocycles. The van der Waals surface area contributed by atoms with Crippen LogP contribution in [0.4, 0.5) is 10.1 Å². The second-order valence-electron chi connectivity index (χ2n) is 6.53. The maximum atomic E-state index is 13.3. The van der Waals surface area contributed by atoms with Gasteiger partial charge in [0.05, 0.1) is 6.10 Å². The number of benzene rings is 1. The van der Waals surface area contributed by atoms with Gasteiger partial charge in [0.15, 0.2) is 0 Å². The van der Waals surface area contributed by atoms with E-state index in [-0.39, 0.29) is 22.4 Å². The number of hydrogen-bond donors (Lipinski definition) is 3. The molecular formula is C17H20FN3O4S. The number of aliphatic hydroxyl groups is 1. The maximum absolute atomic E-state index is 13.3. The molecule has 0 atom stereocenters. The molecule has 0 saturated heterocycles. The third kappa shape index (κ3) is 3.79. The van der Waals surface area contributed by atoms with Crippen LogP contribution in [0.25, 0.3) is 0 Å². The summed E-state index contributed by atoms with van der Waals surface area (Å²) in [7, 11) is -2.21. The fourth-order valence-electron chi connectivity index (χ4n) is 2.80. The van der Waals surface area contributed by atoms with Gasteiger partial charge in [0.25, 0.3) is 5.91 Å². The Bertz CT molecular complexity index is 949. The van der Waals surface area contributed by atoms with Gasteiger partial charge in [-0.25, -0.2) is 17.5 Å². The average Bonchev–Trinajstić information content (AvgIpc) is 2.92. The molecule has 2 aromatic rings. The number of aliphatic hydroxyl groups excluding tert-OH is 1. The highest BCUT2D eigenvalue weighted by Gasteiger charge is 2.32. The summed E-state index contributed by atoms with van der Waals surface area (Å²) in [4.78, 5) is 12.4. The van der Waals surface area contributed by atoms with Crippen molar-refractivity contribution in [2.45, 2.75) is 36.8 Å². The molecule has 3 N–H and O–H groups in total. The monoisotopic (exact) mass is 381 g/mol. The molecule has 0 radical (unpaired) electrons. The number of carbonyl (C=O) groups excluding carboxylic acids is 1. The average molecular weight is 381 g/mol. The van der Waals surface area contributed by atoms with Crippen LogP contribution in [0.1, 0.15) is 28.9 Å². The summed E-state index contributed by atoms with van der Waals surface area (Å²) >= 11 is 0. The topological polar surface area (TPSA) is 100 Å². The summed E-state index contributed by atoms with van der Waals surface area (Å²) in [6.07, 6.45) is 1.63. The Morgan fingerprint density at radius 3 is 2.62 bits per heavy atom. The number of nitrogens with one attached hydrogen (secondary N) is 2. The minimum absolute atomic E-state index is 0.0261. The smallest absolute Gasteiger partial charge is 0.272 e. The molecule has 0 spiro atoms. The van der Waals surface area contributed by atoms with Crippen molar-refractivity contribution in [1.29, 1.82) is 0 Å². The molecule has 1 saturated carbocycles. The van der Waals surface area contributed by atoms with Crippen molar-refractivity contribution in [2.75, 3.05) is 5.32 Å². The Labute approximate surface area is 150 Å². The number of amides is 1. The van der Waals surface area contributed by atoms with Crippen LogP contribution in [-0.4, -0.2) is 36.1 Å². The third-order valence-electron chi connectivity index (χ3n) is 4.37. The minimum Gasteiger partial charge on any atom is -0.393 e. The van der Waals surface area contributed by atoms with Crippen molar-refractivity contribution in [3.05, 3.63) is 47.5 Å². The van der Waals surface area contributed by atoms with E-state index in [1.165, 1.54) is 35.0 Å². The molecule has 3 rings (SSSR count). The van der Waals surface area contributed by atoms with E-state index < -0.39 is 22.0 Å². The van der Waals surface area contributed by atoms with Crippen molar-refractivity contribution in [2.24, 2.45) is 7.05 Å². The zero-order valence-corrected chi connectivity index (χ0v) is 15.2. The van der Waals surface area contributed by atoms with E-state index in [0.29, 0.717) is 24.1 Å². The van der Waals surface area contributed by atoms with Gasteiger partial charge >= 0.3 is 0 Å². The standard InChI is InChI=1S/C17H20FN3O4S/c1-10-5-11(3-4-15(10)18)19-17(23)16-8-14(9-21(16)2)26(24,25)20-12-6-13(22)7-12/h3-5,8-9,12-13,20,22H,6-7H2,1-2H3,(H,19,23). The quantitative estimate of drug-likeness (QED) is 0.731. The SMILES string of the molecule is Cc1cc(NC(=O)c2cc(S(=O)(=O)NC3CC(O)C3)cn2C)ccc1F. The van der Waals surface area contributed by atoms with Crippen LogP contribution in [0.2, 0.25) is 0 Å². The predicted octanol–water partition coefficient (Wildman–Crippen LogP) is 1.53. The van der Waals surface area contributed by atoms with Gasteiger partial charge in [-0.05, 0) is 49.6 Å². The zero-order valence-electron chi connectivity index (χ0n) is 14.4. The van der Waals surface area contributed by atoms with E-state index in [4.69, 9.17) is 0 Å². The van der Waals surface area contributed by atoms with Gasteiger partial charge in [-0.15, -0.1) is 0 Å². The Morgan fingerprint density at radius 1 is 1.31 bits per heavy atom. The number of aryl methyl sites for hydroxylation is 2. The molecule has 9 heteroatoms. The third-order valence-corrected chi connectivity index (χ3v) is 5.86. The normalized spacial score (nSPS) is 19.8. The minimum atomic E-state index is -3.78. The van der Waals surface area contributed by atoms with E-state index in [2.05, 4.69) is 10.0 Å². The molecule has 1 aromatic heterocycles. The maximum Gasteiger partial charge on any atom is 0.272 e. The Balaban J connectivity index is 1.76. The summed E-state index contributed by atoms with van der Waals surface area (Å²) in [5.41, 5.74) is 0.965. The summed E-state index contributed by atoms with van der Waals surface area (Å²) in [5, 5.41) is 11.9. The van der Waals surface area contributed by atoms with Crippen LogP contribution in [0, 0.1) is 12.7 Å². The van der Waals surface area contributed by atoms with E-state index in [1.54, 1.807) is 14.0 Å². The highest BCUT2D eigenvalue weighted by Crippen LogP contribution is 2.23. The molecule has 0 unspecified atom stereocenters. The van der Waals surface area contributed by atoms with E-state index >= 15 is 0 Å². The van der Waals surface area contributed by atoms with Crippen LogP contribution in [0.5, 0.6) is 0 Å². The van der Waals surface area contributed by atoms with Gasteiger partial charge in [0.1, 0.15) is 16.4 Å². The number of rotatable bonds is 5. The zero-order chi connectivity index (χ0) is 19.1. The van der Waals surface area contributed by atoms with Crippen molar-refractivity contribution in [3.63, 3.8) is 0 Å². The van der Waals surface area contributed by atoms with Gasteiger partial charge in [-0.1, -0.05) is 0 Å². The Hall–Kier alpha value is -2.23. The lowest BCUT2D eigenvalue weighted by atomic mass is 9.91. The van der Waals surface area contributed by atoms with E-state index in [0.717, 1.165) is 0 Å². The molecule has 140 valence electrons. The molecular weight excluding hydrogens is 361 g/mol. The van der Waals surface area contributed by atoms with Crippen LogP contribution in [0.3, 0.4) is 0 Å². The highest BCUT2D eigenvalue weighted by atomic mass is 32.2. The van der Waals surface area contributed by atoms with E-state index in [1.807, 2.05) is 0 Å². The lowest BCUT2D eigenvalue weighted by Gasteiger charge is -2.31. The molecule has 1 aromatic carbocycles. The molecule has 1 aliphatic carbocycles. The highest BCUT2D eigenvalue weighted by molar-refractivity contribution is 7.89. The largest absolute Gasteiger partial charge is 0.393 e. The number of nitrogens with zero attached hydrogens (tertiary/aromatic N) is 1. The molecule has 1 fully saturated rings. The number of hydrogen-bond acceptors (Lipinski definition) is 4. The first kappa shape index (κ1) is 18.6. The fourth-order valence-corrected chi connectivity index (χ4v) is 4.13. The van der Waals surface area contributed by atoms with Crippen LogP contribution < -0.4 is 10.0 Å². The van der Waals surface area contributed by atoms with E-state index in [9.17, 15) is 22.7 Å². The van der Waals surface area contributed by atoms with Crippen LogP contribution >= 0.6 is 0 Å².